The zero-order valence-electron chi connectivity index (χ0n) is 11.2. The van der Waals surface area contributed by atoms with Gasteiger partial charge in [0, 0.05) is 6.04 Å². The van der Waals surface area contributed by atoms with Crippen molar-refractivity contribution in [1.82, 2.24) is 5.32 Å². The fourth-order valence-electron chi connectivity index (χ4n) is 2.90. The van der Waals surface area contributed by atoms with Crippen LogP contribution in [-0.2, 0) is 6.42 Å². The third kappa shape index (κ3) is 3.32. The molecule has 1 atom stereocenters. The second-order valence-corrected chi connectivity index (χ2v) is 5.25. The summed E-state index contributed by atoms with van der Waals surface area (Å²) in [6.45, 7) is 5.77. The second-order valence-electron chi connectivity index (χ2n) is 5.25. The molecule has 0 bridgehead atoms. The maximum atomic E-state index is 3.56. The van der Waals surface area contributed by atoms with Gasteiger partial charge in [-0.15, -0.1) is 0 Å². The Labute approximate surface area is 106 Å². The Kier molecular flexibility index (Phi) is 4.61. The summed E-state index contributed by atoms with van der Waals surface area (Å²) in [6.07, 6.45) is 6.38. The summed E-state index contributed by atoms with van der Waals surface area (Å²) in [5, 5.41) is 3.56. The van der Waals surface area contributed by atoms with Crippen LogP contribution in [0.3, 0.4) is 0 Å². The van der Waals surface area contributed by atoms with Gasteiger partial charge in [0.1, 0.15) is 0 Å². The Hall–Kier alpha value is -0.820. The van der Waals surface area contributed by atoms with Crippen LogP contribution in [0.5, 0.6) is 0 Å². The van der Waals surface area contributed by atoms with E-state index in [4.69, 9.17) is 0 Å². The van der Waals surface area contributed by atoms with Crippen LogP contribution in [-0.4, -0.2) is 12.6 Å². The van der Waals surface area contributed by atoms with E-state index in [1.807, 2.05) is 0 Å². The van der Waals surface area contributed by atoms with Crippen molar-refractivity contribution in [2.75, 3.05) is 6.54 Å². The van der Waals surface area contributed by atoms with E-state index in [-0.39, 0.29) is 0 Å². The predicted octanol–water partition coefficient (Wildman–Crippen LogP) is 3.88. The Morgan fingerprint density at radius 3 is 2.41 bits per heavy atom. The van der Waals surface area contributed by atoms with Crippen LogP contribution in [0.1, 0.15) is 56.6 Å². The molecule has 0 aliphatic carbocycles. The number of rotatable bonds is 5. The molecule has 17 heavy (non-hydrogen) atoms. The van der Waals surface area contributed by atoms with Crippen molar-refractivity contribution in [3.8, 4) is 0 Å². The van der Waals surface area contributed by atoms with E-state index >= 15 is 0 Å². The molecule has 2 rings (SSSR count). The molecule has 0 radical (unpaired) electrons. The molecule has 0 saturated carbocycles. The lowest BCUT2D eigenvalue weighted by Crippen LogP contribution is -2.23. The van der Waals surface area contributed by atoms with Crippen molar-refractivity contribution in [1.29, 1.82) is 0 Å². The maximum absolute atomic E-state index is 3.56. The van der Waals surface area contributed by atoms with Gasteiger partial charge in [-0.2, -0.15) is 0 Å². The van der Waals surface area contributed by atoms with Crippen LogP contribution in [0.4, 0.5) is 0 Å². The highest BCUT2D eigenvalue weighted by Crippen LogP contribution is 2.23. The van der Waals surface area contributed by atoms with Crippen molar-refractivity contribution in [3.05, 3.63) is 35.4 Å². The van der Waals surface area contributed by atoms with Gasteiger partial charge in [0.05, 0.1) is 0 Å². The minimum absolute atomic E-state index is 0.717. The molecule has 1 aromatic rings. The van der Waals surface area contributed by atoms with Crippen LogP contribution < -0.4 is 5.32 Å². The standard InChI is InChI=1S/C16H25N/c1-3-14(4-2)15-9-7-13(8-10-15)12-16-6-5-11-17-16/h7-10,14,16-17H,3-6,11-12H2,1-2H3. The lowest BCUT2D eigenvalue weighted by molar-refractivity contribution is 0.602. The van der Waals surface area contributed by atoms with E-state index in [1.165, 1.54) is 49.8 Å². The molecule has 1 N–H and O–H groups in total. The molecule has 1 nitrogen and oxygen atoms in total. The largest absolute Gasteiger partial charge is 0.314 e. The minimum Gasteiger partial charge on any atom is -0.314 e. The molecule has 1 aliphatic rings. The highest BCUT2D eigenvalue weighted by molar-refractivity contribution is 5.26. The molecule has 0 aromatic heterocycles. The molecule has 1 unspecified atom stereocenters. The van der Waals surface area contributed by atoms with E-state index < -0.39 is 0 Å². The molecule has 1 heterocycles. The Morgan fingerprint density at radius 2 is 1.88 bits per heavy atom. The predicted molar refractivity (Wildman–Crippen MR) is 74.5 cm³/mol. The van der Waals surface area contributed by atoms with E-state index in [2.05, 4.69) is 43.4 Å². The van der Waals surface area contributed by atoms with E-state index in [9.17, 15) is 0 Å². The Balaban J connectivity index is 1.96. The normalized spacial score (nSPS) is 20.1. The smallest absolute Gasteiger partial charge is 0.0108 e. The topological polar surface area (TPSA) is 12.0 Å². The first-order valence-electron chi connectivity index (χ1n) is 7.15. The Morgan fingerprint density at radius 1 is 1.18 bits per heavy atom. The highest BCUT2D eigenvalue weighted by Gasteiger charge is 2.14. The van der Waals surface area contributed by atoms with Gasteiger partial charge in [-0.25, -0.2) is 0 Å². The first-order chi connectivity index (χ1) is 8.33. The van der Waals surface area contributed by atoms with Gasteiger partial charge in [-0.05, 0) is 55.7 Å². The molecule has 94 valence electrons. The molecule has 1 saturated heterocycles. The summed E-state index contributed by atoms with van der Waals surface area (Å²) < 4.78 is 0. The van der Waals surface area contributed by atoms with Crippen LogP contribution in [0.25, 0.3) is 0 Å². The van der Waals surface area contributed by atoms with Gasteiger partial charge in [0.25, 0.3) is 0 Å². The van der Waals surface area contributed by atoms with Gasteiger partial charge < -0.3 is 5.32 Å². The number of hydrogen-bond acceptors (Lipinski definition) is 1. The van der Waals surface area contributed by atoms with E-state index in [1.54, 1.807) is 0 Å². The molecule has 1 fully saturated rings. The number of hydrogen-bond donors (Lipinski definition) is 1. The molecule has 0 amide bonds. The zero-order chi connectivity index (χ0) is 12.1. The van der Waals surface area contributed by atoms with Gasteiger partial charge in [0.15, 0.2) is 0 Å². The fraction of sp³-hybridized carbons (Fsp3) is 0.625. The monoisotopic (exact) mass is 231 g/mol. The summed E-state index contributed by atoms with van der Waals surface area (Å²) in [7, 11) is 0. The first-order valence-corrected chi connectivity index (χ1v) is 7.15. The molecule has 0 spiro atoms. The summed E-state index contributed by atoms with van der Waals surface area (Å²) in [5.74, 6) is 0.744. The zero-order valence-corrected chi connectivity index (χ0v) is 11.2. The van der Waals surface area contributed by atoms with Crippen molar-refractivity contribution >= 4 is 0 Å². The summed E-state index contributed by atoms with van der Waals surface area (Å²) in [4.78, 5) is 0. The maximum Gasteiger partial charge on any atom is 0.0108 e. The molecular formula is C16H25N. The van der Waals surface area contributed by atoms with Crippen LogP contribution in [0.15, 0.2) is 24.3 Å². The minimum atomic E-state index is 0.717. The van der Waals surface area contributed by atoms with Crippen molar-refractivity contribution in [2.24, 2.45) is 0 Å². The summed E-state index contributed by atoms with van der Waals surface area (Å²) in [6, 6.07) is 10.0. The average Bonchev–Trinajstić information content (AvgIpc) is 2.86. The highest BCUT2D eigenvalue weighted by atomic mass is 14.9. The van der Waals surface area contributed by atoms with Gasteiger partial charge >= 0.3 is 0 Å². The SMILES string of the molecule is CCC(CC)c1ccc(CC2CCCN2)cc1. The van der Waals surface area contributed by atoms with Gasteiger partial charge in [0.2, 0.25) is 0 Å². The van der Waals surface area contributed by atoms with Crippen molar-refractivity contribution in [3.63, 3.8) is 0 Å². The van der Waals surface area contributed by atoms with Crippen LogP contribution in [0, 0.1) is 0 Å². The third-order valence-corrected chi connectivity index (χ3v) is 4.08. The summed E-state index contributed by atoms with van der Waals surface area (Å²) in [5.41, 5.74) is 3.00. The fourth-order valence-corrected chi connectivity index (χ4v) is 2.90. The quantitative estimate of drug-likeness (QED) is 0.811. The second kappa shape index (κ2) is 6.20. The van der Waals surface area contributed by atoms with Crippen molar-refractivity contribution in [2.45, 2.75) is 57.9 Å². The lowest BCUT2D eigenvalue weighted by atomic mass is 9.92. The van der Waals surface area contributed by atoms with E-state index in [0.29, 0.717) is 6.04 Å². The molecular weight excluding hydrogens is 206 g/mol. The first kappa shape index (κ1) is 12.6. The van der Waals surface area contributed by atoms with Crippen LogP contribution in [0.2, 0.25) is 0 Å². The van der Waals surface area contributed by atoms with Gasteiger partial charge in [-0.1, -0.05) is 38.1 Å². The number of benzene rings is 1. The Bertz CT molecular complexity index is 318. The van der Waals surface area contributed by atoms with Crippen molar-refractivity contribution < 1.29 is 0 Å². The van der Waals surface area contributed by atoms with E-state index in [0.717, 1.165) is 5.92 Å². The molecule has 1 aromatic carbocycles. The number of nitrogens with one attached hydrogen (secondary N) is 1. The third-order valence-electron chi connectivity index (χ3n) is 4.08. The molecule has 1 heteroatoms. The van der Waals surface area contributed by atoms with Crippen LogP contribution >= 0.6 is 0 Å². The lowest BCUT2D eigenvalue weighted by Gasteiger charge is -2.14. The average molecular weight is 231 g/mol. The van der Waals surface area contributed by atoms with Gasteiger partial charge in [-0.3, -0.25) is 0 Å². The molecule has 1 aliphatic heterocycles. The summed E-state index contributed by atoms with van der Waals surface area (Å²) >= 11 is 0.